The molecule has 4 rings (SSSR count). The molecule has 0 spiro atoms. The molecule has 0 radical (unpaired) electrons. The third-order valence-electron chi connectivity index (χ3n) is 5.90. The van der Waals surface area contributed by atoms with Crippen molar-refractivity contribution in [1.82, 2.24) is 9.55 Å². The van der Waals surface area contributed by atoms with Crippen molar-refractivity contribution in [2.24, 2.45) is 5.18 Å². The van der Waals surface area contributed by atoms with Crippen molar-refractivity contribution in [3.8, 4) is 16.9 Å². The Morgan fingerprint density at radius 3 is 2.48 bits per heavy atom. The molecule has 0 bridgehead atoms. The molecule has 1 saturated heterocycles. The Balaban J connectivity index is 1.42. The highest BCUT2D eigenvalue weighted by Crippen LogP contribution is 2.27. The largest absolute Gasteiger partial charge is 0.487 e. The number of hydrogen-bond donors (Lipinski definition) is 1. The molecule has 4 atom stereocenters. The van der Waals surface area contributed by atoms with Gasteiger partial charge in [0.2, 0.25) is 0 Å². The summed E-state index contributed by atoms with van der Waals surface area (Å²) in [4.78, 5) is 15.3. The number of rotatable bonds is 9. The molecule has 1 aliphatic heterocycles. The first kappa shape index (κ1) is 23.3. The molecule has 3 aromatic rings. The van der Waals surface area contributed by atoms with Crippen LogP contribution in [0.2, 0.25) is 0 Å². The third kappa shape index (κ3) is 5.54. The summed E-state index contributed by atoms with van der Waals surface area (Å²) in [7, 11) is 0. The van der Waals surface area contributed by atoms with Crippen LogP contribution < -0.4 is 4.74 Å². The Bertz CT molecular complexity index is 1080. The van der Waals surface area contributed by atoms with Gasteiger partial charge in [-0.15, -0.1) is 0 Å². The monoisotopic (exact) mass is 463 g/mol. The Kier molecular flexibility index (Phi) is 7.62. The molecule has 1 aliphatic rings. The summed E-state index contributed by atoms with van der Waals surface area (Å²) in [5, 5.41) is 13.1. The maximum absolute atomic E-state index is 11.0. The van der Waals surface area contributed by atoms with Crippen LogP contribution in [-0.2, 0) is 0 Å². The normalized spacial score (nSPS) is 20.1. The van der Waals surface area contributed by atoms with E-state index in [9.17, 15) is 10.0 Å². The van der Waals surface area contributed by atoms with Gasteiger partial charge in [-0.3, -0.25) is 0 Å². The van der Waals surface area contributed by atoms with Crippen LogP contribution in [0.3, 0.4) is 0 Å². The fourth-order valence-corrected chi connectivity index (χ4v) is 5.06. The molecule has 1 N–H and O–H groups in total. The third-order valence-corrected chi connectivity index (χ3v) is 7.04. The second kappa shape index (κ2) is 10.8. The van der Waals surface area contributed by atoms with E-state index in [-0.39, 0.29) is 12.1 Å². The summed E-state index contributed by atoms with van der Waals surface area (Å²) in [5.41, 5.74) is 3.35. The average Bonchev–Trinajstić information content (AvgIpc) is 3.49. The van der Waals surface area contributed by atoms with E-state index in [1.54, 1.807) is 24.9 Å². The second-order valence-corrected chi connectivity index (χ2v) is 9.29. The maximum atomic E-state index is 11.0. The summed E-state index contributed by atoms with van der Waals surface area (Å²) in [6.45, 7) is 3.87. The van der Waals surface area contributed by atoms with Gasteiger partial charge in [0.15, 0.2) is 0 Å². The zero-order valence-corrected chi connectivity index (χ0v) is 19.7. The SMILES string of the molecule is CCC(/C=C/c1ccc(-c2ccc(OC3CSCC3O)cc2)cc1)n1ccnc1C(C)N=O. The average molecular weight is 464 g/mol. The Labute approximate surface area is 198 Å². The fraction of sp³-hybridized carbons (Fsp3) is 0.346. The van der Waals surface area contributed by atoms with Crippen molar-refractivity contribution in [1.29, 1.82) is 0 Å². The Morgan fingerprint density at radius 2 is 1.88 bits per heavy atom. The number of imidazole rings is 1. The van der Waals surface area contributed by atoms with Gasteiger partial charge in [-0.2, -0.15) is 16.7 Å². The highest BCUT2D eigenvalue weighted by Gasteiger charge is 2.27. The van der Waals surface area contributed by atoms with Crippen LogP contribution in [0.4, 0.5) is 0 Å². The molecular weight excluding hydrogens is 434 g/mol. The van der Waals surface area contributed by atoms with Crippen molar-refractivity contribution >= 4 is 17.8 Å². The van der Waals surface area contributed by atoms with Crippen molar-refractivity contribution in [2.45, 2.75) is 44.6 Å². The molecule has 0 aliphatic carbocycles. The van der Waals surface area contributed by atoms with E-state index in [0.717, 1.165) is 40.4 Å². The molecule has 2 heterocycles. The number of thioether (sulfide) groups is 1. The molecule has 1 fully saturated rings. The van der Waals surface area contributed by atoms with E-state index in [4.69, 9.17) is 4.74 Å². The van der Waals surface area contributed by atoms with Crippen molar-refractivity contribution in [3.63, 3.8) is 0 Å². The van der Waals surface area contributed by atoms with Crippen LogP contribution in [0.1, 0.15) is 43.7 Å². The molecule has 0 amide bonds. The van der Waals surface area contributed by atoms with Crippen molar-refractivity contribution < 1.29 is 9.84 Å². The summed E-state index contributed by atoms with van der Waals surface area (Å²) in [6.07, 6.45) is 8.21. The highest BCUT2D eigenvalue weighted by atomic mass is 32.2. The number of ether oxygens (including phenoxy) is 1. The molecule has 0 saturated carbocycles. The van der Waals surface area contributed by atoms with Crippen LogP contribution in [0.15, 0.2) is 72.2 Å². The number of aromatic nitrogens is 2. The zero-order chi connectivity index (χ0) is 23.2. The first-order valence-electron chi connectivity index (χ1n) is 11.3. The van der Waals surface area contributed by atoms with Crippen LogP contribution in [0.25, 0.3) is 17.2 Å². The predicted octanol–water partition coefficient (Wildman–Crippen LogP) is 5.90. The quantitative estimate of drug-likeness (QED) is 0.400. The van der Waals surface area contributed by atoms with Crippen LogP contribution in [0, 0.1) is 4.91 Å². The highest BCUT2D eigenvalue weighted by molar-refractivity contribution is 7.99. The number of hydrogen-bond acceptors (Lipinski definition) is 6. The molecule has 7 heteroatoms. The van der Waals surface area contributed by atoms with Gasteiger partial charge in [0.25, 0.3) is 0 Å². The van der Waals surface area contributed by atoms with E-state index in [1.165, 1.54) is 0 Å². The summed E-state index contributed by atoms with van der Waals surface area (Å²) < 4.78 is 7.93. The molecule has 2 aromatic carbocycles. The summed E-state index contributed by atoms with van der Waals surface area (Å²) in [6, 6.07) is 16.1. The molecule has 33 heavy (non-hydrogen) atoms. The van der Waals surface area contributed by atoms with Gasteiger partial charge in [0.1, 0.15) is 29.8 Å². The topological polar surface area (TPSA) is 76.7 Å². The number of allylic oxidation sites excluding steroid dienone is 1. The lowest BCUT2D eigenvalue weighted by Gasteiger charge is -2.17. The van der Waals surface area contributed by atoms with Crippen molar-refractivity contribution in [3.05, 3.63) is 83.3 Å². The fourth-order valence-electron chi connectivity index (χ4n) is 3.95. The second-order valence-electron chi connectivity index (χ2n) is 8.22. The lowest BCUT2D eigenvalue weighted by Crippen LogP contribution is -2.29. The summed E-state index contributed by atoms with van der Waals surface area (Å²) >= 11 is 1.72. The number of benzene rings is 2. The first-order valence-corrected chi connectivity index (χ1v) is 12.4. The van der Waals surface area contributed by atoms with Crippen LogP contribution in [0.5, 0.6) is 5.75 Å². The first-order chi connectivity index (χ1) is 16.1. The van der Waals surface area contributed by atoms with E-state index in [1.807, 2.05) is 35.0 Å². The van der Waals surface area contributed by atoms with E-state index < -0.39 is 12.1 Å². The molecular formula is C26H29N3O3S. The maximum Gasteiger partial charge on any atom is 0.147 e. The number of nitroso groups, excluding NO2 is 1. The minimum atomic E-state index is -0.472. The minimum Gasteiger partial charge on any atom is -0.487 e. The standard InChI is InChI=1S/C26H29N3O3S/c1-3-22(29-15-14-27-26(29)18(2)28-31)11-6-19-4-7-20(8-5-19)21-9-12-23(13-10-21)32-25-17-33-16-24(25)30/h4-15,18,22,24-25,30H,3,16-17H2,1-2H3/b11-6+. The van der Waals surface area contributed by atoms with E-state index in [0.29, 0.717) is 5.82 Å². The van der Waals surface area contributed by atoms with Gasteiger partial charge in [0, 0.05) is 23.9 Å². The van der Waals surface area contributed by atoms with Crippen LogP contribution >= 0.6 is 11.8 Å². The Hall–Kier alpha value is -2.90. The number of aliphatic hydroxyl groups is 1. The molecule has 1 aromatic heterocycles. The van der Waals surface area contributed by atoms with Gasteiger partial charge in [-0.25, -0.2) is 4.98 Å². The van der Waals surface area contributed by atoms with Crippen molar-refractivity contribution in [2.75, 3.05) is 11.5 Å². The van der Waals surface area contributed by atoms with Gasteiger partial charge in [0.05, 0.1) is 6.04 Å². The number of aliphatic hydroxyl groups excluding tert-OH is 1. The Morgan fingerprint density at radius 1 is 1.18 bits per heavy atom. The van der Waals surface area contributed by atoms with Crippen LogP contribution in [-0.4, -0.2) is 38.4 Å². The predicted molar refractivity (Wildman–Crippen MR) is 134 cm³/mol. The molecule has 6 nitrogen and oxygen atoms in total. The van der Waals surface area contributed by atoms with E-state index in [2.05, 4.69) is 53.5 Å². The smallest absolute Gasteiger partial charge is 0.147 e. The van der Waals surface area contributed by atoms with Gasteiger partial charge in [-0.05, 0) is 42.2 Å². The lowest BCUT2D eigenvalue weighted by atomic mass is 10.0. The lowest BCUT2D eigenvalue weighted by molar-refractivity contribution is 0.0738. The van der Waals surface area contributed by atoms with Gasteiger partial charge < -0.3 is 14.4 Å². The van der Waals surface area contributed by atoms with E-state index >= 15 is 0 Å². The zero-order valence-electron chi connectivity index (χ0n) is 18.9. The van der Waals surface area contributed by atoms with Gasteiger partial charge in [-0.1, -0.05) is 60.7 Å². The molecule has 4 unspecified atom stereocenters. The minimum absolute atomic E-state index is 0.107. The summed E-state index contributed by atoms with van der Waals surface area (Å²) in [5.74, 6) is 3.03. The van der Waals surface area contributed by atoms with Gasteiger partial charge >= 0.3 is 0 Å². The molecule has 172 valence electrons. The number of nitrogens with zero attached hydrogens (tertiary/aromatic N) is 3.